The van der Waals surface area contributed by atoms with E-state index < -0.39 is 34.0 Å². The highest BCUT2D eigenvalue weighted by atomic mass is 35.5. The van der Waals surface area contributed by atoms with Crippen LogP contribution in [0.15, 0.2) is 24.3 Å². The molecule has 1 atom stereocenters. The fraction of sp³-hybridized carbons (Fsp3) is 0.467. The number of sulfonamides is 1. The first-order valence-corrected chi connectivity index (χ1v) is 9.32. The number of likely N-dealkylation sites (N-methyl/N-ethyl adjacent to an activating group) is 1. The predicted octanol–water partition coefficient (Wildman–Crippen LogP) is 1.43. The Morgan fingerprint density at radius 3 is 2.21 bits per heavy atom. The van der Waals surface area contributed by atoms with Gasteiger partial charge in [-0.1, -0.05) is 30.7 Å². The molecule has 0 saturated heterocycles. The first kappa shape index (κ1) is 20.4. The van der Waals surface area contributed by atoms with E-state index in [1.54, 1.807) is 6.92 Å². The molecule has 2 N–H and O–H groups in total. The number of halogens is 1. The molecule has 24 heavy (non-hydrogen) atoms. The van der Waals surface area contributed by atoms with Crippen molar-refractivity contribution < 1.29 is 23.1 Å². The number of carbonyl (C=O) groups excluding carboxylic acids is 1. The summed E-state index contributed by atoms with van der Waals surface area (Å²) >= 11 is 5.82. The first-order chi connectivity index (χ1) is 11.1. The summed E-state index contributed by atoms with van der Waals surface area (Å²) in [6.07, 6.45) is 0.0833. The molecule has 1 rings (SSSR count). The number of benzene rings is 1. The molecular formula is C15H21ClN2O5S. The highest BCUT2D eigenvalue weighted by molar-refractivity contribution is 7.89. The van der Waals surface area contributed by atoms with E-state index in [0.717, 1.165) is 4.31 Å². The van der Waals surface area contributed by atoms with E-state index in [0.29, 0.717) is 10.6 Å². The molecule has 0 heterocycles. The fourth-order valence-electron chi connectivity index (χ4n) is 2.23. The van der Waals surface area contributed by atoms with Gasteiger partial charge in [0.05, 0.1) is 12.3 Å². The van der Waals surface area contributed by atoms with Gasteiger partial charge in [-0.25, -0.2) is 13.2 Å². The molecule has 1 amide bonds. The van der Waals surface area contributed by atoms with Crippen LogP contribution in [0.3, 0.4) is 0 Å². The minimum Gasteiger partial charge on any atom is -0.479 e. The average Bonchev–Trinajstić information content (AvgIpc) is 2.53. The summed E-state index contributed by atoms with van der Waals surface area (Å²) in [7, 11) is -2.27. The quantitative estimate of drug-likeness (QED) is 0.714. The van der Waals surface area contributed by atoms with Crippen molar-refractivity contribution >= 4 is 33.5 Å². The Balaban J connectivity index is 3.09. The fourth-order valence-corrected chi connectivity index (χ4v) is 3.11. The van der Waals surface area contributed by atoms with Crippen LogP contribution in [-0.4, -0.2) is 49.1 Å². The molecule has 0 fully saturated rings. The molecule has 1 aromatic rings. The van der Waals surface area contributed by atoms with Crippen molar-refractivity contribution in [2.75, 3.05) is 19.3 Å². The normalized spacial score (nSPS) is 14.2. The van der Waals surface area contributed by atoms with Gasteiger partial charge in [-0.15, -0.1) is 0 Å². The van der Waals surface area contributed by atoms with Crippen LogP contribution < -0.4 is 5.32 Å². The maximum atomic E-state index is 12.2. The van der Waals surface area contributed by atoms with Crippen LogP contribution in [0.5, 0.6) is 0 Å². The monoisotopic (exact) mass is 376 g/mol. The van der Waals surface area contributed by atoms with Crippen molar-refractivity contribution in [3.8, 4) is 0 Å². The van der Waals surface area contributed by atoms with Crippen molar-refractivity contribution in [1.29, 1.82) is 0 Å². The number of nitrogens with zero attached hydrogens (tertiary/aromatic N) is 1. The van der Waals surface area contributed by atoms with Crippen LogP contribution in [0.25, 0.3) is 0 Å². The van der Waals surface area contributed by atoms with E-state index in [9.17, 15) is 23.1 Å². The third kappa shape index (κ3) is 4.46. The largest absolute Gasteiger partial charge is 0.479 e. The molecule has 134 valence electrons. The van der Waals surface area contributed by atoms with E-state index in [4.69, 9.17) is 11.6 Å². The summed E-state index contributed by atoms with van der Waals surface area (Å²) in [6.45, 7) is 2.62. The molecule has 1 aromatic carbocycles. The smallest absolute Gasteiger partial charge is 0.334 e. The maximum Gasteiger partial charge on any atom is 0.334 e. The second-order valence-electron chi connectivity index (χ2n) is 5.28. The Morgan fingerprint density at radius 1 is 1.25 bits per heavy atom. The maximum absolute atomic E-state index is 12.2. The number of carbonyl (C=O) groups is 2. The van der Waals surface area contributed by atoms with Gasteiger partial charge in [0, 0.05) is 12.1 Å². The zero-order valence-corrected chi connectivity index (χ0v) is 15.3. The van der Waals surface area contributed by atoms with Crippen LogP contribution in [0.4, 0.5) is 0 Å². The van der Waals surface area contributed by atoms with Gasteiger partial charge in [-0.05, 0) is 31.0 Å². The van der Waals surface area contributed by atoms with Gasteiger partial charge in [-0.3, -0.25) is 4.79 Å². The summed E-state index contributed by atoms with van der Waals surface area (Å²) in [5.41, 5.74) is -1.30. The van der Waals surface area contributed by atoms with E-state index in [2.05, 4.69) is 5.32 Å². The number of nitrogens with one attached hydrogen (secondary N) is 1. The SMILES string of the molecule is CCC(NC(=O)CN(C)S(=O)(=O)CC)(C(=O)O)c1ccc(Cl)cc1. The van der Waals surface area contributed by atoms with E-state index in [1.807, 2.05) is 0 Å². The van der Waals surface area contributed by atoms with Gasteiger partial charge in [0.15, 0.2) is 5.54 Å². The van der Waals surface area contributed by atoms with Gasteiger partial charge in [0.25, 0.3) is 0 Å². The Kier molecular flexibility index (Phi) is 6.76. The third-order valence-electron chi connectivity index (χ3n) is 3.79. The Labute approximate surface area is 146 Å². The molecule has 0 bridgehead atoms. The molecule has 7 nitrogen and oxygen atoms in total. The van der Waals surface area contributed by atoms with Crippen molar-refractivity contribution in [1.82, 2.24) is 9.62 Å². The minimum atomic E-state index is -3.54. The van der Waals surface area contributed by atoms with Crippen LogP contribution in [-0.2, 0) is 25.2 Å². The molecule has 9 heteroatoms. The summed E-state index contributed by atoms with van der Waals surface area (Å²) < 4.78 is 24.3. The summed E-state index contributed by atoms with van der Waals surface area (Å²) in [6, 6.07) is 6.10. The number of aliphatic carboxylic acids is 1. The number of hydrogen-bond acceptors (Lipinski definition) is 4. The first-order valence-electron chi connectivity index (χ1n) is 7.33. The van der Waals surface area contributed by atoms with E-state index >= 15 is 0 Å². The number of hydrogen-bond donors (Lipinski definition) is 2. The molecule has 0 spiro atoms. The summed E-state index contributed by atoms with van der Waals surface area (Å²) in [5.74, 6) is -2.08. The number of amides is 1. The zero-order chi connectivity index (χ0) is 18.5. The van der Waals surface area contributed by atoms with Gasteiger partial charge in [-0.2, -0.15) is 4.31 Å². The standard InChI is InChI=1S/C15H21ClN2O5S/c1-4-15(14(20)21,11-6-8-12(16)9-7-11)17-13(19)10-18(3)24(22,23)5-2/h6-9H,4-5,10H2,1-3H3,(H,17,19)(H,20,21). The van der Waals surface area contributed by atoms with Gasteiger partial charge in [0.1, 0.15) is 0 Å². The van der Waals surface area contributed by atoms with Crippen molar-refractivity contribution in [2.24, 2.45) is 0 Å². The van der Waals surface area contributed by atoms with E-state index in [-0.39, 0.29) is 12.2 Å². The lowest BCUT2D eigenvalue weighted by atomic mass is 9.87. The Morgan fingerprint density at radius 2 is 1.79 bits per heavy atom. The van der Waals surface area contributed by atoms with Crippen LogP contribution in [0, 0.1) is 0 Å². The van der Waals surface area contributed by atoms with E-state index in [1.165, 1.54) is 38.2 Å². The van der Waals surface area contributed by atoms with Crippen LogP contribution in [0.1, 0.15) is 25.8 Å². The second-order valence-corrected chi connectivity index (χ2v) is 8.08. The van der Waals surface area contributed by atoms with Crippen molar-refractivity contribution in [3.05, 3.63) is 34.9 Å². The molecule has 1 unspecified atom stereocenters. The van der Waals surface area contributed by atoms with Gasteiger partial charge < -0.3 is 10.4 Å². The molecule has 0 aliphatic heterocycles. The lowest BCUT2D eigenvalue weighted by molar-refractivity contribution is -0.148. The van der Waals surface area contributed by atoms with Crippen LogP contribution >= 0.6 is 11.6 Å². The zero-order valence-electron chi connectivity index (χ0n) is 13.7. The van der Waals surface area contributed by atoms with Gasteiger partial charge in [0.2, 0.25) is 15.9 Å². The molecular weight excluding hydrogens is 356 g/mol. The second kappa shape index (κ2) is 7.96. The predicted molar refractivity (Wildman–Crippen MR) is 91.3 cm³/mol. The molecule has 0 aliphatic carbocycles. The Bertz CT molecular complexity index is 705. The highest BCUT2D eigenvalue weighted by Crippen LogP contribution is 2.27. The van der Waals surface area contributed by atoms with Crippen molar-refractivity contribution in [2.45, 2.75) is 25.8 Å². The topological polar surface area (TPSA) is 104 Å². The molecule has 0 aliphatic rings. The Hall–Kier alpha value is -1.64. The third-order valence-corrected chi connectivity index (χ3v) is 5.85. The van der Waals surface area contributed by atoms with Gasteiger partial charge >= 0.3 is 5.97 Å². The van der Waals surface area contributed by atoms with Crippen LogP contribution in [0.2, 0.25) is 5.02 Å². The molecule has 0 saturated carbocycles. The van der Waals surface area contributed by atoms with Crippen molar-refractivity contribution in [3.63, 3.8) is 0 Å². The lowest BCUT2D eigenvalue weighted by Gasteiger charge is -2.30. The lowest BCUT2D eigenvalue weighted by Crippen LogP contribution is -2.54. The molecule has 0 aromatic heterocycles. The number of carboxylic acid groups (broad SMARTS) is 1. The average molecular weight is 377 g/mol. The number of rotatable bonds is 8. The highest BCUT2D eigenvalue weighted by Gasteiger charge is 2.40. The molecule has 0 radical (unpaired) electrons. The minimum absolute atomic E-state index is 0.0833. The summed E-state index contributed by atoms with van der Waals surface area (Å²) in [5, 5.41) is 12.5. The number of carboxylic acids is 1. The summed E-state index contributed by atoms with van der Waals surface area (Å²) in [4.78, 5) is 24.1.